The normalized spacial score (nSPS) is 19.9. The summed E-state index contributed by atoms with van der Waals surface area (Å²) >= 11 is 0. The Balaban J connectivity index is 1.49. The van der Waals surface area contributed by atoms with Gasteiger partial charge >= 0.3 is 0 Å². The number of methoxy groups -OCH3 is 1. The van der Waals surface area contributed by atoms with E-state index in [0.29, 0.717) is 18.6 Å². The van der Waals surface area contributed by atoms with E-state index in [0.717, 1.165) is 75.1 Å². The predicted molar refractivity (Wildman–Crippen MR) is 127 cm³/mol. The smallest absolute Gasteiger partial charge is 0.191 e. The molecule has 0 bridgehead atoms. The molecule has 3 rings (SSSR count). The van der Waals surface area contributed by atoms with E-state index in [4.69, 9.17) is 9.47 Å². The van der Waals surface area contributed by atoms with Gasteiger partial charge in [-0.1, -0.05) is 19.1 Å². The van der Waals surface area contributed by atoms with Gasteiger partial charge < -0.3 is 29.9 Å². The molecule has 1 aliphatic heterocycles. The van der Waals surface area contributed by atoms with E-state index in [1.807, 2.05) is 19.2 Å². The Bertz CT molecular complexity index is 697. The topological polar surface area (TPSA) is 61.4 Å². The second-order valence-electron chi connectivity index (χ2n) is 8.99. The summed E-state index contributed by atoms with van der Waals surface area (Å²) in [7, 11) is 5.73. The zero-order chi connectivity index (χ0) is 22.1. The number of guanidine groups is 1. The molecular weight excluding hydrogens is 390 g/mol. The molecule has 2 N–H and O–H groups in total. The molecule has 2 aliphatic rings. The molecule has 1 saturated carbocycles. The third-order valence-corrected chi connectivity index (χ3v) is 6.32. The van der Waals surface area contributed by atoms with Crippen LogP contribution in [0, 0.1) is 5.92 Å². The summed E-state index contributed by atoms with van der Waals surface area (Å²) in [5, 5.41) is 6.94. The van der Waals surface area contributed by atoms with Gasteiger partial charge in [-0.05, 0) is 44.7 Å². The van der Waals surface area contributed by atoms with Crippen LogP contribution >= 0.6 is 0 Å². The van der Waals surface area contributed by atoms with Gasteiger partial charge in [0.05, 0.1) is 13.2 Å². The SMILES string of the molecule is CN=C(NCc1cccc(OC)c1OC1CCCC1)NCC(C)CN1CCN(C)CC1. The molecule has 0 aromatic heterocycles. The Morgan fingerprint density at radius 1 is 1.16 bits per heavy atom. The summed E-state index contributed by atoms with van der Waals surface area (Å²) in [5.41, 5.74) is 1.10. The largest absolute Gasteiger partial charge is 0.493 e. The highest BCUT2D eigenvalue weighted by molar-refractivity contribution is 5.79. The lowest BCUT2D eigenvalue weighted by Crippen LogP contribution is -2.47. The molecule has 7 nitrogen and oxygen atoms in total. The fourth-order valence-electron chi connectivity index (χ4n) is 4.37. The van der Waals surface area contributed by atoms with Crippen LogP contribution in [0.5, 0.6) is 11.5 Å². The van der Waals surface area contributed by atoms with Gasteiger partial charge in [-0.15, -0.1) is 0 Å². The minimum absolute atomic E-state index is 0.294. The van der Waals surface area contributed by atoms with E-state index in [1.165, 1.54) is 12.8 Å². The average Bonchev–Trinajstić information content (AvgIpc) is 3.29. The lowest BCUT2D eigenvalue weighted by molar-refractivity contribution is 0.139. The first-order valence-electron chi connectivity index (χ1n) is 11.8. The first kappa shape index (κ1) is 23.7. The molecule has 1 unspecified atom stereocenters. The van der Waals surface area contributed by atoms with E-state index in [2.05, 4.69) is 45.5 Å². The molecule has 2 fully saturated rings. The number of nitrogens with one attached hydrogen (secondary N) is 2. The van der Waals surface area contributed by atoms with Crippen molar-refractivity contribution in [3.63, 3.8) is 0 Å². The number of hydrogen-bond acceptors (Lipinski definition) is 5. The number of likely N-dealkylation sites (N-methyl/N-ethyl adjacent to an activating group) is 1. The zero-order valence-corrected chi connectivity index (χ0v) is 19.8. The molecule has 0 spiro atoms. The van der Waals surface area contributed by atoms with Crippen LogP contribution in [0.1, 0.15) is 38.2 Å². The predicted octanol–water partition coefficient (Wildman–Crippen LogP) is 2.57. The highest BCUT2D eigenvalue weighted by Crippen LogP contribution is 2.34. The van der Waals surface area contributed by atoms with Crippen molar-refractivity contribution in [3.05, 3.63) is 23.8 Å². The lowest BCUT2D eigenvalue weighted by atomic mass is 10.1. The van der Waals surface area contributed by atoms with Gasteiger partial charge in [0.1, 0.15) is 0 Å². The third-order valence-electron chi connectivity index (χ3n) is 6.32. The minimum Gasteiger partial charge on any atom is -0.493 e. The summed E-state index contributed by atoms with van der Waals surface area (Å²) in [4.78, 5) is 9.37. The summed E-state index contributed by atoms with van der Waals surface area (Å²) in [6.45, 7) is 9.60. The van der Waals surface area contributed by atoms with Crippen LogP contribution in [0.15, 0.2) is 23.2 Å². The van der Waals surface area contributed by atoms with Gasteiger partial charge in [-0.3, -0.25) is 4.99 Å². The fourth-order valence-corrected chi connectivity index (χ4v) is 4.37. The Morgan fingerprint density at radius 2 is 1.90 bits per heavy atom. The van der Waals surface area contributed by atoms with Crippen molar-refractivity contribution >= 4 is 5.96 Å². The number of piperazine rings is 1. The number of para-hydroxylation sites is 1. The van der Waals surface area contributed by atoms with E-state index in [9.17, 15) is 0 Å². The zero-order valence-electron chi connectivity index (χ0n) is 19.8. The van der Waals surface area contributed by atoms with Crippen molar-refractivity contribution in [1.82, 2.24) is 20.4 Å². The van der Waals surface area contributed by atoms with Gasteiger partial charge in [0.15, 0.2) is 17.5 Å². The molecule has 0 amide bonds. The second kappa shape index (κ2) is 12.2. The molecule has 1 heterocycles. The molecule has 1 saturated heterocycles. The monoisotopic (exact) mass is 431 g/mol. The lowest BCUT2D eigenvalue weighted by Gasteiger charge is -2.34. The summed E-state index contributed by atoms with van der Waals surface area (Å²) in [6.07, 6.45) is 5.04. The molecule has 0 radical (unpaired) electrons. The quantitative estimate of drug-likeness (QED) is 0.463. The van der Waals surface area contributed by atoms with Crippen LogP contribution in [0.3, 0.4) is 0 Å². The Morgan fingerprint density at radius 3 is 2.58 bits per heavy atom. The number of hydrogen-bond donors (Lipinski definition) is 2. The van der Waals surface area contributed by atoms with Crippen molar-refractivity contribution in [2.24, 2.45) is 10.9 Å². The van der Waals surface area contributed by atoms with Crippen molar-refractivity contribution < 1.29 is 9.47 Å². The van der Waals surface area contributed by atoms with Gasteiger partial charge in [-0.25, -0.2) is 0 Å². The number of benzene rings is 1. The van der Waals surface area contributed by atoms with Crippen LogP contribution in [0.2, 0.25) is 0 Å². The number of nitrogens with zero attached hydrogens (tertiary/aromatic N) is 3. The Hall–Kier alpha value is -1.99. The van der Waals surface area contributed by atoms with Crippen LogP contribution in [0.4, 0.5) is 0 Å². The molecule has 1 aromatic rings. The molecule has 174 valence electrons. The van der Waals surface area contributed by atoms with Crippen LogP contribution < -0.4 is 20.1 Å². The van der Waals surface area contributed by atoms with Crippen LogP contribution in [-0.4, -0.2) is 82.3 Å². The average molecular weight is 432 g/mol. The molecule has 7 heteroatoms. The van der Waals surface area contributed by atoms with E-state index in [-0.39, 0.29) is 0 Å². The maximum absolute atomic E-state index is 6.35. The number of rotatable bonds is 9. The van der Waals surface area contributed by atoms with Crippen LogP contribution in [-0.2, 0) is 6.54 Å². The standard InChI is InChI=1S/C24H41N5O2/c1-19(18-29-14-12-28(3)13-15-29)16-26-24(25-2)27-17-20-8-7-11-22(30-4)23(20)31-21-9-5-6-10-21/h7-8,11,19,21H,5-6,9-10,12-18H2,1-4H3,(H2,25,26,27). The van der Waals surface area contributed by atoms with E-state index >= 15 is 0 Å². The highest BCUT2D eigenvalue weighted by atomic mass is 16.5. The fraction of sp³-hybridized carbons (Fsp3) is 0.708. The molecular formula is C24H41N5O2. The van der Waals surface area contributed by atoms with Crippen molar-refractivity contribution in [2.45, 2.75) is 45.3 Å². The first-order chi connectivity index (χ1) is 15.1. The van der Waals surface area contributed by atoms with Gasteiger partial charge in [-0.2, -0.15) is 0 Å². The molecule has 1 aliphatic carbocycles. The maximum atomic E-state index is 6.35. The van der Waals surface area contributed by atoms with Crippen LogP contribution in [0.25, 0.3) is 0 Å². The van der Waals surface area contributed by atoms with E-state index < -0.39 is 0 Å². The van der Waals surface area contributed by atoms with Crippen molar-refractivity contribution in [1.29, 1.82) is 0 Å². The highest BCUT2D eigenvalue weighted by Gasteiger charge is 2.21. The molecule has 31 heavy (non-hydrogen) atoms. The second-order valence-corrected chi connectivity index (χ2v) is 8.99. The van der Waals surface area contributed by atoms with Crippen molar-refractivity contribution in [3.8, 4) is 11.5 Å². The van der Waals surface area contributed by atoms with Gasteiger partial charge in [0, 0.05) is 58.4 Å². The van der Waals surface area contributed by atoms with Gasteiger partial charge in [0.25, 0.3) is 0 Å². The first-order valence-corrected chi connectivity index (χ1v) is 11.8. The Kier molecular flexibility index (Phi) is 9.28. The summed E-state index contributed by atoms with van der Waals surface area (Å²) in [6, 6.07) is 6.09. The van der Waals surface area contributed by atoms with E-state index in [1.54, 1.807) is 7.11 Å². The van der Waals surface area contributed by atoms with Crippen molar-refractivity contribution in [2.75, 3.05) is 60.5 Å². The number of aliphatic imine (C=N–C) groups is 1. The minimum atomic E-state index is 0.294. The Labute approximate surface area is 188 Å². The summed E-state index contributed by atoms with van der Waals surface area (Å²) in [5.74, 6) is 3.04. The molecule has 1 atom stereocenters. The maximum Gasteiger partial charge on any atom is 0.191 e. The third kappa shape index (κ3) is 7.28. The van der Waals surface area contributed by atoms with Gasteiger partial charge in [0.2, 0.25) is 0 Å². The summed E-state index contributed by atoms with van der Waals surface area (Å²) < 4.78 is 11.9. The molecule has 1 aromatic carbocycles. The number of ether oxygens (including phenoxy) is 2.